The zero-order valence-electron chi connectivity index (χ0n) is 14.9. The van der Waals surface area contributed by atoms with E-state index in [-0.39, 0.29) is 29.8 Å². The maximum Gasteiger partial charge on any atom is 0.222 e. The second-order valence-corrected chi connectivity index (χ2v) is 6.97. The van der Waals surface area contributed by atoms with Gasteiger partial charge >= 0.3 is 0 Å². The number of rotatable bonds is 6. The molecule has 2 N–H and O–H groups in total. The highest BCUT2D eigenvalue weighted by Crippen LogP contribution is 2.30. The largest absolute Gasteiger partial charge is 0.384 e. The molecule has 140 valence electrons. The van der Waals surface area contributed by atoms with E-state index in [9.17, 15) is 4.79 Å². The predicted molar refractivity (Wildman–Crippen MR) is 100 cm³/mol. The van der Waals surface area contributed by atoms with Crippen LogP contribution in [0.1, 0.15) is 36.5 Å². The Hall–Kier alpha value is -1.14. The van der Waals surface area contributed by atoms with Crippen molar-refractivity contribution in [3.63, 3.8) is 0 Å². The minimum absolute atomic E-state index is 0. The maximum atomic E-state index is 12.5. The van der Waals surface area contributed by atoms with E-state index >= 15 is 0 Å². The quantitative estimate of drug-likeness (QED) is 0.808. The number of carbonyl (C=O) groups excluding carboxylic acids is 1. The van der Waals surface area contributed by atoms with E-state index in [1.54, 1.807) is 7.11 Å². The molecule has 1 fully saturated rings. The lowest BCUT2D eigenvalue weighted by Gasteiger charge is -2.37. The molecule has 2 aliphatic heterocycles. The molecule has 1 aromatic rings. The van der Waals surface area contributed by atoms with Crippen LogP contribution in [0, 0.1) is 5.41 Å². The van der Waals surface area contributed by atoms with Gasteiger partial charge < -0.3 is 20.1 Å². The Labute approximate surface area is 156 Å². The standard InChI is InChI=1S/C19H28N2O3.ClH/c1-23-14-19(7-9-20-10-8-19)13-21-18(22)12-17-16-5-3-2-4-15(16)6-11-24-17;/h2-5,17,20H,6-14H2,1H3,(H,21,22);1H. The lowest BCUT2D eigenvalue weighted by molar-refractivity contribution is -0.125. The third-order valence-electron chi connectivity index (χ3n) is 5.24. The summed E-state index contributed by atoms with van der Waals surface area (Å²) in [6.45, 7) is 4.03. The summed E-state index contributed by atoms with van der Waals surface area (Å²) in [5.41, 5.74) is 2.52. The van der Waals surface area contributed by atoms with Gasteiger partial charge in [0.1, 0.15) is 0 Å². The third kappa shape index (κ3) is 5.17. The normalized spacial score (nSPS) is 21.7. The van der Waals surface area contributed by atoms with Crippen molar-refractivity contribution in [3.8, 4) is 0 Å². The SMILES string of the molecule is COCC1(CNC(=O)CC2OCCc3ccccc32)CCNCC1.Cl. The van der Waals surface area contributed by atoms with Crippen LogP contribution in [0.25, 0.3) is 0 Å². The number of benzene rings is 1. The molecule has 1 unspecified atom stereocenters. The summed E-state index contributed by atoms with van der Waals surface area (Å²) in [7, 11) is 1.73. The first kappa shape index (κ1) is 20.2. The molecular weight excluding hydrogens is 340 g/mol. The maximum absolute atomic E-state index is 12.5. The Morgan fingerprint density at radius 3 is 2.88 bits per heavy atom. The van der Waals surface area contributed by atoms with E-state index in [1.165, 1.54) is 5.56 Å². The minimum Gasteiger partial charge on any atom is -0.384 e. The van der Waals surface area contributed by atoms with Gasteiger partial charge in [-0.05, 0) is 43.5 Å². The van der Waals surface area contributed by atoms with Crippen LogP contribution in [0.4, 0.5) is 0 Å². The molecule has 1 saturated heterocycles. The van der Waals surface area contributed by atoms with Gasteiger partial charge in [0.05, 0.1) is 25.7 Å². The molecule has 6 heteroatoms. The van der Waals surface area contributed by atoms with Crippen LogP contribution in [0.3, 0.4) is 0 Å². The highest BCUT2D eigenvalue weighted by atomic mass is 35.5. The molecule has 0 aromatic heterocycles. The van der Waals surface area contributed by atoms with Crippen molar-refractivity contribution in [2.75, 3.05) is 40.0 Å². The number of amides is 1. The molecule has 25 heavy (non-hydrogen) atoms. The molecule has 1 aromatic carbocycles. The minimum atomic E-state index is -0.124. The Kier molecular flexibility index (Phi) is 7.69. The zero-order chi connectivity index (χ0) is 16.8. The molecule has 0 aliphatic carbocycles. The van der Waals surface area contributed by atoms with E-state index in [2.05, 4.69) is 22.8 Å². The highest BCUT2D eigenvalue weighted by molar-refractivity contribution is 5.85. The number of carbonyl (C=O) groups is 1. The van der Waals surface area contributed by atoms with Crippen molar-refractivity contribution in [2.45, 2.75) is 31.8 Å². The second kappa shape index (κ2) is 9.53. The van der Waals surface area contributed by atoms with Crippen molar-refractivity contribution in [3.05, 3.63) is 35.4 Å². The smallest absolute Gasteiger partial charge is 0.222 e. The van der Waals surface area contributed by atoms with Crippen LogP contribution in [0.5, 0.6) is 0 Å². The van der Waals surface area contributed by atoms with Gasteiger partial charge in [-0.2, -0.15) is 0 Å². The first-order chi connectivity index (χ1) is 11.7. The Balaban J connectivity index is 0.00000225. The van der Waals surface area contributed by atoms with Gasteiger partial charge in [0.2, 0.25) is 5.91 Å². The molecule has 1 atom stereocenters. The number of fused-ring (bicyclic) bond motifs is 1. The lowest BCUT2D eigenvalue weighted by Crippen LogP contribution is -2.47. The third-order valence-corrected chi connectivity index (χ3v) is 5.24. The number of halogens is 1. The monoisotopic (exact) mass is 368 g/mol. The summed E-state index contributed by atoms with van der Waals surface area (Å²) in [6.07, 6.45) is 3.26. The number of methoxy groups -OCH3 is 1. The van der Waals surface area contributed by atoms with E-state index in [0.29, 0.717) is 26.2 Å². The van der Waals surface area contributed by atoms with Crippen molar-refractivity contribution >= 4 is 18.3 Å². The summed E-state index contributed by atoms with van der Waals surface area (Å²) >= 11 is 0. The van der Waals surface area contributed by atoms with Gasteiger partial charge in [-0.3, -0.25) is 4.79 Å². The average Bonchev–Trinajstić information content (AvgIpc) is 2.62. The zero-order valence-corrected chi connectivity index (χ0v) is 15.7. The molecule has 2 aliphatic rings. The van der Waals surface area contributed by atoms with Gasteiger partial charge in [-0.25, -0.2) is 0 Å². The van der Waals surface area contributed by atoms with Crippen LogP contribution in [0.2, 0.25) is 0 Å². The van der Waals surface area contributed by atoms with E-state index < -0.39 is 0 Å². The highest BCUT2D eigenvalue weighted by Gasteiger charge is 2.33. The fourth-order valence-electron chi connectivity index (χ4n) is 3.81. The second-order valence-electron chi connectivity index (χ2n) is 6.97. The Bertz CT molecular complexity index is 556. The van der Waals surface area contributed by atoms with Gasteiger partial charge in [-0.15, -0.1) is 12.4 Å². The predicted octanol–water partition coefficient (Wildman–Crippen LogP) is 2.24. The molecule has 1 amide bonds. The van der Waals surface area contributed by atoms with Crippen LogP contribution in [-0.2, 0) is 20.7 Å². The molecule has 2 heterocycles. The van der Waals surface area contributed by atoms with E-state index in [4.69, 9.17) is 9.47 Å². The van der Waals surface area contributed by atoms with Crippen molar-refractivity contribution in [1.29, 1.82) is 0 Å². The summed E-state index contributed by atoms with van der Waals surface area (Å²) in [6, 6.07) is 8.27. The first-order valence-electron chi connectivity index (χ1n) is 8.88. The number of hydrogen-bond acceptors (Lipinski definition) is 4. The van der Waals surface area contributed by atoms with Crippen LogP contribution >= 0.6 is 12.4 Å². The fourth-order valence-corrected chi connectivity index (χ4v) is 3.81. The van der Waals surface area contributed by atoms with Crippen LogP contribution in [0.15, 0.2) is 24.3 Å². The molecule has 0 spiro atoms. The fraction of sp³-hybridized carbons (Fsp3) is 0.632. The average molecular weight is 369 g/mol. The summed E-state index contributed by atoms with van der Waals surface area (Å²) in [4.78, 5) is 12.5. The molecule has 3 rings (SSSR count). The number of hydrogen-bond donors (Lipinski definition) is 2. The van der Waals surface area contributed by atoms with Crippen molar-refractivity contribution in [1.82, 2.24) is 10.6 Å². The molecule has 0 saturated carbocycles. The summed E-state index contributed by atoms with van der Waals surface area (Å²) in [5, 5.41) is 6.50. The van der Waals surface area contributed by atoms with Crippen molar-refractivity contribution in [2.24, 2.45) is 5.41 Å². The lowest BCUT2D eigenvalue weighted by atomic mass is 9.79. The number of ether oxygens (including phenoxy) is 2. The van der Waals surface area contributed by atoms with Crippen LogP contribution in [-0.4, -0.2) is 45.9 Å². The van der Waals surface area contributed by atoms with Gasteiger partial charge in [0.25, 0.3) is 0 Å². The van der Waals surface area contributed by atoms with E-state index in [1.807, 2.05) is 12.1 Å². The number of piperidine rings is 1. The first-order valence-corrected chi connectivity index (χ1v) is 8.88. The topological polar surface area (TPSA) is 59.6 Å². The number of nitrogens with one attached hydrogen (secondary N) is 2. The van der Waals surface area contributed by atoms with Crippen molar-refractivity contribution < 1.29 is 14.3 Å². The summed E-state index contributed by atoms with van der Waals surface area (Å²) < 4.78 is 11.3. The molecule has 0 bridgehead atoms. The van der Waals surface area contributed by atoms with E-state index in [0.717, 1.165) is 37.9 Å². The molecule has 5 nitrogen and oxygen atoms in total. The molecular formula is C19H29ClN2O3. The Morgan fingerprint density at radius 2 is 2.12 bits per heavy atom. The summed E-state index contributed by atoms with van der Waals surface area (Å²) in [5.74, 6) is 0.0608. The Morgan fingerprint density at radius 1 is 1.36 bits per heavy atom. The van der Waals surface area contributed by atoms with Gasteiger partial charge in [0.15, 0.2) is 0 Å². The van der Waals surface area contributed by atoms with Gasteiger partial charge in [0, 0.05) is 19.1 Å². The van der Waals surface area contributed by atoms with Crippen LogP contribution < -0.4 is 10.6 Å². The van der Waals surface area contributed by atoms with Gasteiger partial charge in [-0.1, -0.05) is 24.3 Å². The molecule has 0 radical (unpaired) electrons.